The number of rotatable bonds is 3. The van der Waals surface area contributed by atoms with E-state index in [1.165, 1.54) is 18.1 Å². The molecule has 0 atom stereocenters. The van der Waals surface area contributed by atoms with Gasteiger partial charge in [0.05, 0.1) is 23.9 Å². The summed E-state index contributed by atoms with van der Waals surface area (Å²) in [6.07, 6.45) is 4.73. The fourth-order valence-corrected chi connectivity index (χ4v) is 3.23. The van der Waals surface area contributed by atoms with Gasteiger partial charge in [-0.15, -0.1) is 0 Å². The van der Waals surface area contributed by atoms with Crippen LogP contribution in [0.15, 0.2) is 46.0 Å². The summed E-state index contributed by atoms with van der Waals surface area (Å²) in [5.41, 5.74) is 0.605. The molecule has 23 heavy (non-hydrogen) atoms. The molecule has 116 valence electrons. The zero-order valence-electron chi connectivity index (χ0n) is 11.9. The monoisotopic (exact) mass is 346 g/mol. The molecule has 8 heteroatoms. The maximum Gasteiger partial charge on any atom is 0.373 e. The zero-order valence-corrected chi connectivity index (χ0v) is 13.5. The Morgan fingerprint density at radius 2 is 2.26 bits per heavy atom. The number of thioether (sulfide) groups is 1. The second-order valence-electron chi connectivity index (χ2n) is 4.42. The summed E-state index contributed by atoms with van der Waals surface area (Å²) in [7, 11) is 1.27. The lowest BCUT2D eigenvalue weighted by Gasteiger charge is -2.13. The third-order valence-electron chi connectivity index (χ3n) is 2.98. The molecule has 0 aromatic carbocycles. The Balaban J connectivity index is 1.87. The molecule has 1 aliphatic rings. The number of carbonyl (C=O) groups excluding carboxylic acids is 2. The number of pyridine rings is 1. The maximum atomic E-state index is 12.5. The average molecular weight is 346 g/mol. The molecule has 0 N–H and O–H groups in total. The van der Waals surface area contributed by atoms with E-state index in [-0.39, 0.29) is 11.7 Å². The molecule has 2 aromatic heterocycles. The molecule has 1 saturated heterocycles. The van der Waals surface area contributed by atoms with Crippen molar-refractivity contribution < 1.29 is 18.7 Å². The highest BCUT2D eigenvalue weighted by molar-refractivity contribution is 8.27. The lowest BCUT2D eigenvalue weighted by Crippen LogP contribution is -2.27. The van der Waals surface area contributed by atoms with E-state index in [9.17, 15) is 9.59 Å². The summed E-state index contributed by atoms with van der Waals surface area (Å²) in [5.74, 6) is -0.393. The van der Waals surface area contributed by atoms with Gasteiger partial charge in [0, 0.05) is 12.3 Å². The molecule has 3 heterocycles. The number of methoxy groups -OCH3 is 1. The van der Waals surface area contributed by atoms with Gasteiger partial charge < -0.3 is 9.15 Å². The first-order valence-electron chi connectivity index (χ1n) is 6.46. The molecule has 0 unspecified atom stereocenters. The molecule has 1 amide bonds. The van der Waals surface area contributed by atoms with Gasteiger partial charge in [-0.1, -0.05) is 24.0 Å². The number of furan rings is 1. The summed E-state index contributed by atoms with van der Waals surface area (Å²) in [6.45, 7) is 0. The molecular formula is C15H10N2O4S2. The first-order valence-corrected chi connectivity index (χ1v) is 7.69. The Kier molecular flexibility index (Phi) is 4.26. The minimum atomic E-state index is -0.576. The molecule has 0 spiro atoms. The van der Waals surface area contributed by atoms with Gasteiger partial charge in [0.1, 0.15) is 5.76 Å². The second-order valence-corrected chi connectivity index (χ2v) is 6.10. The number of thiocarbonyl (C=S) groups is 1. The number of hydrogen-bond donors (Lipinski definition) is 0. The van der Waals surface area contributed by atoms with Crippen molar-refractivity contribution in [3.63, 3.8) is 0 Å². The lowest BCUT2D eigenvalue weighted by atomic mass is 10.3. The second kappa shape index (κ2) is 6.35. The van der Waals surface area contributed by atoms with Crippen molar-refractivity contribution in [3.8, 4) is 0 Å². The van der Waals surface area contributed by atoms with Crippen LogP contribution in [-0.4, -0.2) is 28.3 Å². The lowest BCUT2D eigenvalue weighted by molar-refractivity contribution is -0.113. The van der Waals surface area contributed by atoms with Crippen molar-refractivity contribution in [2.45, 2.75) is 0 Å². The van der Waals surface area contributed by atoms with Crippen molar-refractivity contribution in [1.29, 1.82) is 0 Å². The van der Waals surface area contributed by atoms with Crippen molar-refractivity contribution >= 4 is 51.9 Å². The van der Waals surface area contributed by atoms with Crippen LogP contribution in [0.5, 0.6) is 0 Å². The van der Waals surface area contributed by atoms with Crippen LogP contribution in [-0.2, 0) is 9.53 Å². The number of aromatic nitrogens is 1. The number of hydrogen-bond acceptors (Lipinski definition) is 7. The van der Waals surface area contributed by atoms with E-state index in [1.807, 2.05) is 0 Å². The number of carbonyl (C=O) groups is 2. The summed E-state index contributed by atoms with van der Waals surface area (Å²) in [6, 6.07) is 6.55. The van der Waals surface area contributed by atoms with Gasteiger partial charge in [-0.25, -0.2) is 4.79 Å². The predicted octanol–water partition coefficient (Wildman–Crippen LogP) is 2.87. The van der Waals surface area contributed by atoms with E-state index in [4.69, 9.17) is 16.6 Å². The number of anilines is 1. The van der Waals surface area contributed by atoms with E-state index in [0.717, 1.165) is 11.8 Å². The third kappa shape index (κ3) is 3.03. The minimum absolute atomic E-state index is 0.0708. The Hall–Kier alpha value is -2.45. The van der Waals surface area contributed by atoms with Crippen LogP contribution >= 0.6 is 24.0 Å². The van der Waals surface area contributed by atoms with E-state index in [1.54, 1.807) is 36.7 Å². The van der Waals surface area contributed by atoms with Crippen molar-refractivity contribution in [3.05, 3.63) is 53.1 Å². The number of nitrogens with zero attached hydrogens (tertiary/aromatic N) is 2. The number of amides is 1. The molecule has 3 rings (SSSR count). The van der Waals surface area contributed by atoms with E-state index in [0.29, 0.717) is 20.7 Å². The van der Waals surface area contributed by atoms with Crippen LogP contribution in [0.3, 0.4) is 0 Å². The van der Waals surface area contributed by atoms with Crippen LogP contribution in [0.2, 0.25) is 0 Å². The Morgan fingerprint density at radius 3 is 2.96 bits per heavy atom. The molecule has 0 radical (unpaired) electrons. The van der Waals surface area contributed by atoms with Crippen LogP contribution in [0.4, 0.5) is 5.69 Å². The van der Waals surface area contributed by atoms with Crippen molar-refractivity contribution in [2.24, 2.45) is 0 Å². The summed E-state index contributed by atoms with van der Waals surface area (Å²) in [5, 5.41) is 0. The van der Waals surface area contributed by atoms with Gasteiger partial charge in [0.15, 0.2) is 4.32 Å². The summed E-state index contributed by atoms with van der Waals surface area (Å²) >= 11 is 6.41. The fraction of sp³-hybridized carbons (Fsp3) is 0.0667. The Labute approximate surface area is 141 Å². The highest BCUT2D eigenvalue weighted by atomic mass is 32.2. The van der Waals surface area contributed by atoms with E-state index < -0.39 is 5.97 Å². The highest BCUT2D eigenvalue weighted by Crippen LogP contribution is 2.35. The predicted molar refractivity (Wildman–Crippen MR) is 89.9 cm³/mol. The minimum Gasteiger partial charge on any atom is -0.463 e. The van der Waals surface area contributed by atoms with Crippen molar-refractivity contribution in [1.82, 2.24) is 4.98 Å². The largest absolute Gasteiger partial charge is 0.463 e. The molecule has 0 saturated carbocycles. The van der Waals surface area contributed by atoms with Crippen LogP contribution in [0.1, 0.15) is 16.3 Å². The van der Waals surface area contributed by atoms with Crippen LogP contribution in [0, 0.1) is 0 Å². The number of esters is 1. The van der Waals surface area contributed by atoms with Gasteiger partial charge in [0.2, 0.25) is 5.76 Å². The first-order chi connectivity index (χ1) is 11.1. The Morgan fingerprint density at radius 1 is 1.43 bits per heavy atom. The Bertz CT molecular complexity index is 814. The third-order valence-corrected chi connectivity index (χ3v) is 4.29. The molecule has 2 aromatic rings. The smallest absolute Gasteiger partial charge is 0.373 e. The van der Waals surface area contributed by atoms with Gasteiger partial charge in [-0.05, 0) is 24.3 Å². The van der Waals surface area contributed by atoms with E-state index >= 15 is 0 Å². The number of ether oxygens (including phenoxy) is 1. The van der Waals surface area contributed by atoms with Crippen LogP contribution in [0.25, 0.3) is 6.08 Å². The first kappa shape index (κ1) is 15.4. The van der Waals surface area contributed by atoms with Crippen molar-refractivity contribution in [2.75, 3.05) is 12.0 Å². The molecule has 1 aliphatic heterocycles. The van der Waals surface area contributed by atoms with Gasteiger partial charge in [0.25, 0.3) is 5.91 Å². The zero-order chi connectivity index (χ0) is 16.4. The topological polar surface area (TPSA) is 72.6 Å². The van der Waals surface area contributed by atoms with Gasteiger partial charge >= 0.3 is 5.97 Å². The fourth-order valence-electron chi connectivity index (χ4n) is 1.95. The molecule has 0 bridgehead atoms. The van der Waals surface area contributed by atoms with Gasteiger partial charge in [-0.3, -0.25) is 14.7 Å². The molecule has 6 nitrogen and oxygen atoms in total. The standard InChI is InChI=1S/C15H10N2O4S2/c1-20-14(19)11-5-4-10(21-11)7-12-13(18)17(15(22)23-12)9-3-2-6-16-8-9/h2-8H,1H3/b12-7-. The van der Waals surface area contributed by atoms with Crippen LogP contribution < -0.4 is 4.90 Å². The quantitative estimate of drug-likeness (QED) is 0.481. The summed E-state index contributed by atoms with van der Waals surface area (Å²) < 4.78 is 10.3. The molecule has 1 fully saturated rings. The summed E-state index contributed by atoms with van der Waals surface area (Å²) in [4.78, 5) is 29.7. The van der Waals surface area contributed by atoms with Gasteiger partial charge in [-0.2, -0.15) is 0 Å². The SMILES string of the molecule is COC(=O)c1ccc(/C=C2\SC(=S)N(c3cccnc3)C2=O)o1. The normalized spacial score (nSPS) is 16.2. The highest BCUT2D eigenvalue weighted by Gasteiger charge is 2.33. The molecule has 0 aliphatic carbocycles. The average Bonchev–Trinajstić information content (AvgIpc) is 3.13. The van der Waals surface area contributed by atoms with E-state index in [2.05, 4.69) is 9.72 Å². The molecular weight excluding hydrogens is 336 g/mol. The maximum absolute atomic E-state index is 12.5.